The van der Waals surface area contributed by atoms with Crippen LogP contribution in [0.1, 0.15) is 27.9 Å². The third-order valence-corrected chi connectivity index (χ3v) is 4.92. The number of aryl methyl sites for hydroxylation is 1. The number of aromatic nitrogens is 4. The number of H-pyrrole nitrogens is 1. The van der Waals surface area contributed by atoms with Crippen LogP contribution in [0.15, 0.2) is 48.5 Å². The van der Waals surface area contributed by atoms with Crippen LogP contribution in [-0.2, 0) is 12.8 Å². The number of hydrogen-bond donors (Lipinski definition) is 1. The van der Waals surface area contributed by atoms with E-state index >= 15 is 0 Å². The Labute approximate surface area is 145 Å². The van der Waals surface area contributed by atoms with Gasteiger partial charge < -0.3 is 4.90 Å². The first-order chi connectivity index (χ1) is 12.2. The molecule has 1 amide bonds. The van der Waals surface area contributed by atoms with E-state index in [1.807, 2.05) is 36.2 Å². The van der Waals surface area contributed by atoms with E-state index in [-0.39, 0.29) is 11.9 Å². The molecule has 25 heavy (non-hydrogen) atoms. The Hall–Kier alpha value is -3.02. The number of nitrogens with one attached hydrogen (secondary N) is 1. The summed E-state index contributed by atoms with van der Waals surface area (Å²) in [6, 6.07) is 16.1. The van der Waals surface area contributed by atoms with E-state index in [0.717, 1.165) is 24.8 Å². The topological polar surface area (TPSA) is 74.8 Å². The standard InChI is InChI=1S/C19H19N5O/c1-24(17-11-10-13-4-2-3-5-16(13)12-17)19(25)15-8-6-14(7-9-15)18-20-22-23-21-18/h2-9,17H,10-12H2,1H3,(H,20,21,22,23)/t17-/m1/s1. The van der Waals surface area contributed by atoms with E-state index in [1.54, 1.807) is 0 Å². The number of tetrazole rings is 1. The summed E-state index contributed by atoms with van der Waals surface area (Å²) < 4.78 is 0. The third-order valence-electron chi connectivity index (χ3n) is 4.92. The lowest BCUT2D eigenvalue weighted by Crippen LogP contribution is -2.40. The van der Waals surface area contributed by atoms with E-state index in [4.69, 9.17) is 0 Å². The van der Waals surface area contributed by atoms with Gasteiger partial charge >= 0.3 is 0 Å². The highest BCUT2D eigenvalue weighted by atomic mass is 16.2. The van der Waals surface area contributed by atoms with Gasteiger partial charge in [-0.25, -0.2) is 0 Å². The Balaban J connectivity index is 1.49. The molecule has 2 aromatic carbocycles. The Bertz CT molecular complexity index is 873. The molecular formula is C19H19N5O. The summed E-state index contributed by atoms with van der Waals surface area (Å²) in [6.07, 6.45) is 2.94. The zero-order chi connectivity index (χ0) is 17.2. The van der Waals surface area contributed by atoms with Crippen molar-refractivity contribution in [2.45, 2.75) is 25.3 Å². The first-order valence-corrected chi connectivity index (χ1v) is 8.40. The number of carbonyl (C=O) groups is 1. The quantitative estimate of drug-likeness (QED) is 0.799. The minimum Gasteiger partial charge on any atom is -0.338 e. The maximum Gasteiger partial charge on any atom is 0.253 e. The molecule has 6 nitrogen and oxygen atoms in total. The van der Waals surface area contributed by atoms with Crippen molar-refractivity contribution < 1.29 is 4.79 Å². The fourth-order valence-electron chi connectivity index (χ4n) is 3.42. The van der Waals surface area contributed by atoms with Gasteiger partial charge in [-0.05, 0) is 47.7 Å². The molecule has 0 saturated heterocycles. The minimum atomic E-state index is 0.0454. The Kier molecular flexibility index (Phi) is 4.01. The second kappa shape index (κ2) is 6.47. The third kappa shape index (κ3) is 3.03. The van der Waals surface area contributed by atoms with Gasteiger partial charge in [-0.15, -0.1) is 10.2 Å². The van der Waals surface area contributed by atoms with E-state index in [1.165, 1.54) is 11.1 Å². The molecule has 0 unspecified atom stereocenters. The molecule has 0 fully saturated rings. The van der Waals surface area contributed by atoms with Crippen molar-refractivity contribution in [2.75, 3.05) is 7.05 Å². The molecule has 0 radical (unpaired) electrons. The van der Waals surface area contributed by atoms with Crippen LogP contribution in [0.3, 0.4) is 0 Å². The summed E-state index contributed by atoms with van der Waals surface area (Å²) in [5, 5.41) is 13.9. The van der Waals surface area contributed by atoms with Gasteiger partial charge in [0.05, 0.1) is 0 Å². The molecule has 0 spiro atoms. The summed E-state index contributed by atoms with van der Waals surface area (Å²) in [6.45, 7) is 0. The molecule has 1 atom stereocenters. The van der Waals surface area contributed by atoms with Crippen molar-refractivity contribution in [3.05, 3.63) is 65.2 Å². The van der Waals surface area contributed by atoms with Crippen molar-refractivity contribution in [3.8, 4) is 11.4 Å². The summed E-state index contributed by atoms with van der Waals surface area (Å²) in [5.74, 6) is 0.570. The SMILES string of the molecule is CN(C(=O)c1ccc(-c2nn[nH]n2)cc1)[C@@H]1CCc2ccccc2C1. The highest BCUT2D eigenvalue weighted by molar-refractivity contribution is 5.94. The van der Waals surface area contributed by atoms with Gasteiger partial charge in [0.2, 0.25) is 5.82 Å². The molecule has 6 heteroatoms. The number of fused-ring (bicyclic) bond motifs is 1. The molecule has 1 N–H and O–H groups in total. The van der Waals surface area contributed by atoms with E-state index in [9.17, 15) is 4.79 Å². The van der Waals surface area contributed by atoms with Crippen LogP contribution >= 0.6 is 0 Å². The number of benzene rings is 2. The predicted octanol–water partition coefficient (Wildman–Crippen LogP) is 2.50. The number of likely N-dealkylation sites (N-methyl/N-ethyl adjacent to an activating group) is 1. The number of carbonyl (C=O) groups excluding carboxylic acids is 1. The smallest absolute Gasteiger partial charge is 0.253 e. The second-order valence-corrected chi connectivity index (χ2v) is 6.39. The van der Waals surface area contributed by atoms with Gasteiger partial charge in [-0.1, -0.05) is 36.4 Å². The zero-order valence-corrected chi connectivity index (χ0v) is 14.0. The van der Waals surface area contributed by atoms with Gasteiger partial charge in [0.25, 0.3) is 5.91 Å². The summed E-state index contributed by atoms with van der Waals surface area (Å²) in [5.41, 5.74) is 4.27. The minimum absolute atomic E-state index is 0.0454. The average molecular weight is 333 g/mol. The van der Waals surface area contributed by atoms with Gasteiger partial charge in [0.15, 0.2) is 0 Å². The Morgan fingerprint density at radius 1 is 1.12 bits per heavy atom. The van der Waals surface area contributed by atoms with E-state index in [0.29, 0.717) is 11.4 Å². The molecule has 126 valence electrons. The van der Waals surface area contributed by atoms with E-state index < -0.39 is 0 Å². The average Bonchev–Trinajstić information content (AvgIpc) is 3.21. The molecule has 1 aliphatic carbocycles. The molecule has 1 aromatic heterocycles. The highest BCUT2D eigenvalue weighted by Gasteiger charge is 2.25. The molecule has 4 rings (SSSR count). The normalized spacial score (nSPS) is 16.3. The van der Waals surface area contributed by atoms with Crippen molar-refractivity contribution in [1.82, 2.24) is 25.5 Å². The van der Waals surface area contributed by atoms with Gasteiger partial charge in [-0.3, -0.25) is 4.79 Å². The van der Waals surface area contributed by atoms with E-state index in [2.05, 4.69) is 44.9 Å². The van der Waals surface area contributed by atoms with Crippen molar-refractivity contribution >= 4 is 5.91 Å². The lowest BCUT2D eigenvalue weighted by atomic mass is 9.87. The Morgan fingerprint density at radius 3 is 2.60 bits per heavy atom. The molecule has 1 aliphatic rings. The van der Waals surface area contributed by atoms with Crippen LogP contribution in [0.2, 0.25) is 0 Å². The van der Waals surface area contributed by atoms with Crippen molar-refractivity contribution in [3.63, 3.8) is 0 Å². The summed E-state index contributed by atoms with van der Waals surface area (Å²) >= 11 is 0. The molecule has 0 aliphatic heterocycles. The summed E-state index contributed by atoms with van der Waals surface area (Å²) in [7, 11) is 1.90. The maximum atomic E-state index is 12.8. The molecule has 0 bridgehead atoms. The largest absolute Gasteiger partial charge is 0.338 e. The molecule has 3 aromatic rings. The fourth-order valence-corrected chi connectivity index (χ4v) is 3.42. The van der Waals surface area contributed by atoms with Crippen LogP contribution in [0.4, 0.5) is 0 Å². The molecular weight excluding hydrogens is 314 g/mol. The van der Waals surface area contributed by atoms with Gasteiger partial charge in [-0.2, -0.15) is 5.21 Å². The number of nitrogens with zero attached hydrogens (tertiary/aromatic N) is 4. The highest BCUT2D eigenvalue weighted by Crippen LogP contribution is 2.25. The van der Waals surface area contributed by atoms with Crippen LogP contribution in [0.25, 0.3) is 11.4 Å². The van der Waals surface area contributed by atoms with Crippen LogP contribution in [0.5, 0.6) is 0 Å². The number of amides is 1. The lowest BCUT2D eigenvalue weighted by Gasteiger charge is -2.32. The maximum absolute atomic E-state index is 12.8. The van der Waals surface area contributed by atoms with Crippen LogP contribution in [-0.4, -0.2) is 44.5 Å². The first kappa shape index (κ1) is 15.5. The summed E-state index contributed by atoms with van der Waals surface area (Å²) in [4.78, 5) is 14.7. The lowest BCUT2D eigenvalue weighted by molar-refractivity contribution is 0.0719. The zero-order valence-electron chi connectivity index (χ0n) is 14.0. The van der Waals surface area contributed by atoms with Crippen LogP contribution in [0, 0.1) is 0 Å². The molecule has 0 saturated carbocycles. The van der Waals surface area contributed by atoms with Gasteiger partial charge in [0, 0.05) is 24.2 Å². The Morgan fingerprint density at radius 2 is 1.88 bits per heavy atom. The number of aromatic amines is 1. The van der Waals surface area contributed by atoms with Crippen molar-refractivity contribution in [1.29, 1.82) is 0 Å². The van der Waals surface area contributed by atoms with Crippen molar-refractivity contribution in [2.24, 2.45) is 0 Å². The monoisotopic (exact) mass is 333 g/mol. The van der Waals surface area contributed by atoms with Gasteiger partial charge in [0.1, 0.15) is 0 Å². The molecule has 1 heterocycles. The van der Waals surface area contributed by atoms with Crippen LogP contribution < -0.4 is 0 Å². The second-order valence-electron chi connectivity index (χ2n) is 6.39. The fraction of sp³-hybridized carbons (Fsp3) is 0.263. The number of rotatable bonds is 3. The first-order valence-electron chi connectivity index (χ1n) is 8.40. The number of hydrogen-bond acceptors (Lipinski definition) is 4. The predicted molar refractivity (Wildman–Crippen MR) is 94.0 cm³/mol.